The third-order valence-electron chi connectivity index (χ3n) is 2.97. The van der Waals surface area contributed by atoms with E-state index in [0.29, 0.717) is 28.7 Å². The molecule has 2 rings (SSSR count). The van der Waals surface area contributed by atoms with Crippen LogP contribution < -0.4 is 20.7 Å². The van der Waals surface area contributed by atoms with Crippen LogP contribution >= 0.6 is 11.6 Å². The van der Waals surface area contributed by atoms with Gasteiger partial charge in [-0.3, -0.25) is 10.2 Å². The molecular formula is C16H17ClN2O3. The van der Waals surface area contributed by atoms with Crippen LogP contribution in [0.15, 0.2) is 42.5 Å². The van der Waals surface area contributed by atoms with Crippen molar-refractivity contribution in [2.24, 2.45) is 5.84 Å². The van der Waals surface area contributed by atoms with Gasteiger partial charge in [-0.15, -0.1) is 0 Å². The van der Waals surface area contributed by atoms with Crippen molar-refractivity contribution in [3.63, 3.8) is 0 Å². The Morgan fingerprint density at radius 1 is 1.18 bits per heavy atom. The second kappa shape index (κ2) is 7.68. The SMILES string of the molecule is CCOc1ccc(C(=O)NN)cc1COc1ccccc1Cl. The Morgan fingerprint density at radius 2 is 1.95 bits per heavy atom. The van der Waals surface area contributed by atoms with Crippen molar-refractivity contribution in [1.29, 1.82) is 0 Å². The number of nitrogens with two attached hydrogens (primary N) is 1. The molecule has 2 aromatic rings. The molecule has 0 aliphatic carbocycles. The van der Waals surface area contributed by atoms with E-state index in [0.717, 1.165) is 5.56 Å². The summed E-state index contributed by atoms with van der Waals surface area (Å²) in [6.07, 6.45) is 0. The van der Waals surface area contributed by atoms with Gasteiger partial charge in [0.1, 0.15) is 18.1 Å². The Labute approximate surface area is 134 Å². The van der Waals surface area contributed by atoms with Crippen LogP contribution in [0.4, 0.5) is 0 Å². The number of rotatable bonds is 6. The molecule has 3 N–H and O–H groups in total. The molecule has 6 heteroatoms. The van der Waals surface area contributed by atoms with Gasteiger partial charge in [0, 0.05) is 11.1 Å². The van der Waals surface area contributed by atoms with Gasteiger partial charge in [0.25, 0.3) is 5.91 Å². The average molecular weight is 321 g/mol. The minimum atomic E-state index is -0.373. The number of hydrazine groups is 1. The molecule has 0 saturated heterocycles. The highest BCUT2D eigenvalue weighted by molar-refractivity contribution is 6.32. The van der Waals surface area contributed by atoms with E-state index >= 15 is 0 Å². The maximum atomic E-state index is 11.6. The molecule has 0 bridgehead atoms. The number of hydrogen-bond donors (Lipinski definition) is 2. The summed E-state index contributed by atoms with van der Waals surface area (Å²) in [6, 6.07) is 12.2. The normalized spacial score (nSPS) is 10.1. The van der Waals surface area contributed by atoms with Crippen LogP contribution in [0.1, 0.15) is 22.8 Å². The Morgan fingerprint density at radius 3 is 2.64 bits per heavy atom. The lowest BCUT2D eigenvalue weighted by Crippen LogP contribution is -2.30. The topological polar surface area (TPSA) is 73.6 Å². The van der Waals surface area contributed by atoms with E-state index in [2.05, 4.69) is 5.43 Å². The molecule has 116 valence electrons. The maximum Gasteiger partial charge on any atom is 0.265 e. The van der Waals surface area contributed by atoms with E-state index < -0.39 is 0 Å². The van der Waals surface area contributed by atoms with E-state index in [1.54, 1.807) is 30.3 Å². The number of nitrogens with one attached hydrogen (secondary N) is 1. The van der Waals surface area contributed by atoms with Crippen LogP contribution in [-0.2, 0) is 6.61 Å². The van der Waals surface area contributed by atoms with Gasteiger partial charge in [-0.1, -0.05) is 23.7 Å². The van der Waals surface area contributed by atoms with Crippen LogP contribution in [-0.4, -0.2) is 12.5 Å². The van der Waals surface area contributed by atoms with Gasteiger partial charge in [-0.2, -0.15) is 0 Å². The average Bonchev–Trinajstić information content (AvgIpc) is 2.54. The standard InChI is InChI=1S/C16H17ClN2O3/c1-2-21-14-8-7-11(16(20)19-18)9-12(14)10-22-15-6-4-3-5-13(15)17/h3-9H,2,10,18H2,1H3,(H,19,20). The molecule has 0 atom stereocenters. The molecule has 2 aromatic carbocycles. The predicted molar refractivity (Wildman–Crippen MR) is 85.0 cm³/mol. The first kappa shape index (κ1) is 16.1. The van der Waals surface area contributed by atoms with E-state index in [1.807, 2.05) is 19.1 Å². The van der Waals surface area contributed by atoms with Gasteiger partial charge in [-0.25, -0.2) is 5.84 Å². The molecule has 0 aliphatic heterocycles. The zero-order chi connectivity index (χ0) is 15.9. The number of carbonyl (C=O) groups excluding carboxylic acids is 1. The van der Waals surface area contributed by atoms with Crippen LogP contribution in [0.2, 0.25) is 5.02 Å². The van der Waals surface area contributed by atoms with E-state index in [4.69, 9.17) is 26.9 Å². The van der Waals surface area contributed by atoms with E-state index in [9.17, 15) is 4.79 Å². The molecule has 22 heavy (non-hydrogen) atoms. The second-order valence-electron chi connectivity index (χ2n) is 4.45. The number of carbonyl (C=O) groups is 1. The van der Waals surface area contributed by atoms with Gasteiger partial charge in [0.15, 0.2) is 0 Å². The number of halogens is 1. The van der Waals surface area contributed by atoms with Gasteiger partial charge < -0.3 is 9.47 Å². The smallest absolute Gasteiger partial charge is 0.265 e. The molecule has 0 saturated carbocycles. The highest BCUT2D eigenvalue weighted by atomic mass is 35.5. The largest absolute Gasteiger partial charge is 0.493 e. The lowest BCUT2D eigenvalue weighted by molar-refractivity contribution is 0.0953. The van der Waals surface area contributed by atoms with Crippen LogP contribution in [0, 0.1) is 0 Å². The number of nitrogen functional groups attached to an aromatic ring is 1. The predicted octanol–water partition coefficient (Wildman–Crippen LogP) is 2.92. The third-order valence-corrected chi connectivity index (χ3v) is 3.29. The number of hydrogen-bond acceptors (Lipinski definition) is 4. The van der Waals surface area contributed by atoms with Gasteiger partial charge >= 0.3 is 0 Å². The van der Waals surface area contributed by atoms with Crippen LogP contribution in [0.3, 0.4) is 0 Å². The van der Waals surface area contributed by atoms with Gasteiger partial charge in [0.2, 0.25) is 0 Å². The van der Waals surface area contributed by atoms with Crippen molar-refractivity contribution in [3.05, 3.63) is 58.6 Å². The summed E-state index contributed by atoms with van der Waals surface area (Å²) in [4.78, 5) is 11.6. The van der Waals surface area contributed by atoms with Crippen LogP contribution in [0.25, 0.3) is 0 Å². The molecule has 1 amide bonds. The molecule has 0 radical (unpaired) electrons. The quantitative estimate of drug-likeness (QED) is 0.487. The van der Waals surface area contributed by atoms with Crippen molar-refractivity contribution in [2.45, 2.75) is 13.5 Å². The van der Waals surface area contributed by atoms with Crippen molar-refractivity contribution in [3.8, 4) is 11.5 Å². The maximum absolute atomic E-state index is 11.6. The number of benzene rings is 2. The summed E-state index contributed by atoms with van der Waals surface area (Å²) >= 11 is 6.06. The summed E-state index contributed by atoms with van der Waals surface area (Å²) in [6.45, 7) is 2.63. The van der Waals surface area contributed by atoms with Crippen LogP contribution in [0.5, 0.6) is 11.5 Å². The Hall–Kier alpha value is -2.24. The minimum Gasteiger partial charge on any atom is -0.493 e. The third kappa shape index (κ3) is 3.90. The summed E-state index contributed by atoms with van der Waals surface area (Å²) in [7, 11) is 0. The molecule has 0 aromatic heterocycles. The molecule has 0 heterocycles. The van der Waals surface area contributed by atoms with Crippen molar-refractivity contribution < 1.29 is 14.3 Å². The first-order valence-corrected chi connectivity index (χ1v) is 7.17. The van der Waals surface area contributed by atoms with Gasteiger partial charge in [0.05, 0.1) is 11.6 Å². The molecule has 0 fully saturated rings. The lowest BCUT2D eigenvalue weighted by Gasteiger charge is -2.13. The monoisotopic (exact) mass is 320 g/mol. The Kier molecular flexibility index (Phi) is 5.63. The number of para-hydroxylation sites is 1. The summed E-state index contributed by atoms with van der Waals surface area (Å²) in [5.74, 6) is 6.01. The van der Waals surface area contributed by atoms with Crippen molar-refractivity contribution in [1.82, 2.24) is 5.43 Å². The Balaban J connectivity index is 2.23. The molecule has 0 aliphatic rings. The second-order valence-corrected chi connectivity index (χ2v) is 4.86. The molecule has 0 spiro atoms. The first-order valence-electron chi connectivity index (χ1n) is 6.79. The summed E-state index contributed by atoms with van der Waals surface area (Å²) in [5.41, 5.74) is 3.27. The van der Waals surface area contributed by atoms with Crippen molar-refractivity contribution in [2.75, 3.05) is 6.61 Å². The fourth-order valence-corrected chi connectivity index (χ4v) is 2.12. The van der Waals surface area contributed by atoms with E-state index in [1.165, 1.54) is 0 Å². The fraction of sp³-hybridized carbons (Fsp3) is 0.188. The summed E-state index contributed by atoms with van der Waals surface area (Å²) < 4.78 is 11.3. The summed E-state index contributed by atoms with van der Waals surface area (Å²) in [5, 5.41) is 0.524. The van der Waals surface area contributed by atoms with Gasteiger partial charge in [-0.05, 0) is 37.3 Å². The van der Waals surface area contributed by atoms with Crippen molar-refractivity contribution >= 4 is 17.5 Å². The first-order chi connectivity index (χ1) is 10.7. The molecular weight excluding hydrogens is 304 g/mol. The molecule has 0 unspecified atom stereocenters. The highest BCUT2D eigenvalue weighted by Crippen LogP contribution is 2.27. The minimum absolute atomic E-state index is 0.227. The number of amides is 1. The number of ether oxygens (including phenoxy) is 2. The Bertz CT molecular complexity index is 662. The lowest BCUT2D eigenvalue weighted by atomic mass is 10.1. The highest BCUT2D eigenvalue weighted by Gasteiger charge is 2.11. The zero-order valence-electron chi connectivity index (χ0n) is 12.1. The zero-order valence-corrected chi connectivity index (χ0v) is 12.9. The molecule has 5 nitrogen and oxygen atoms in total. The fourth-order valence-electron chi connectivity index (χ4n) is 1.93. The van der Waals surface area contributed by atoms with E-state index in [-0.39, 0.29) is 12.5 Å².